The SMILES string of the molecule is O=C(O)c1nn(-c2ccccc2Cl)nc1N1CCOCC1. The van der Waals surface area contributed by atoms with Gasteiger partial charge in [-0.1, -0.05) is 23.7 Å². The molecule has 3 rings (SSSR count). The van der Waals surface area contributed by atoms with Crippen molar-refractivity contribution in [2.24, 2.45) is 0 Å². The van der Waals surface area contributed by atoms with Crippen LogP contribution in [-0.2, 0) is 4.74 Å². The van der Waals surface area contributed by atoms with E-state index in [0.29, 0.717) is 42.8 Å². The van der Waals surface area contributed by atoms with Crippen LogP contribution in [0.2, 0.25) is 5.02 Å². The van der Waals surface area contributed by atoms with E-state index in [9.17, 15) is 9.90 Å². The van der Waals surface area contributed by atoms with E-state index >= 15 is 0 Å². The van der Waals surface area contributed by atoms with Crippen LogP contribution in [0.25, 0.3) is 5.69 Å². The Bertz CT molecular complexity index is 667. The van der Waals surface area contributed by atoms with Gasteiger partial charge in [0, 0.05) is 13.1 Å². The number of anilines is 1. The van der Waals surface area contributed by atoms with E-state index in [0.717, 1.165) is 0 Å². The van der Waals surface area contributed by atoms with E-state index in [1.165, 1.54) is 4.80 Å². The first kappa shape index (κ1) is 13.8. The fraction of sp³-hybridized carbons (Fsp3) is 0.308. The third kappa shape index (κ3) is 2.70. The lowest BCUT2D eigenvalue weighted by Crippen LogP contribution is -2.37. The fourth-order valence-corrected chi connectivity index (χ4v) is 2.36. The van der Waals surface area contributed by atoms with Crippen LogP contribution in [0.1, 0.15) is 10.5 Å². The summed E-state index contributed by atoms with van der Waals surface area (Å²) >= 11 is 6.10. The van der Waals surface area contributed by atoms with Crippen molar-refractivity contribution in [1.29, 1.82) is 0 Å². The molecule has 1 saturated heterocycles. The number of aromatic carboxylic acids is 1. The van der Waals surface area contributed by atoms with E-state index in [1.54, 1.807) is 24.3 Å². The molecule has 8 heteroatoms. The molecule has 1 aromatic heterocycles. The third-order valence-electron chi connectivity index (χ3n) is 3.18. The number of carbonyl (C=O) groups is 1. The number of benzene rings is 1. The molecular formula is C13H13ClN4O3. The maximum absolute atomic E-state index is 11.4. The molecule has 1 aliphatic heterocycles. The molecule has 1 N–H and O–H groups in total. The van der Waals surface area contributed by atoms with Gasteiger partial charge in [-0.3, -0.25) is 0 Å². The van der Waals surface area contributed by atoms with Crippen molar-refractivity contribution in [2.75, 3.05) is 31.2 Å². The van der Waals surface area contributed by atoms with Crippen LogP contribution in [0.5, 0.6) is 0 Å². The Balaban J connectivity index is 2.04. The normalized spacial score (nSPS) is 15.2. The lowest BCUT2D eigenvalue weighted by atomic mass is 10.3. The lowest BCUT2D eigenvalue weighted by Gasteiger charge is -2.26. The zero-order valence-corrected chi connectivity index (χ0v) is 11.8. The van der Waals surface area contributed by atoms with Gasteiger partial charge in [-0.15, -0.1) is 15.0 Å². The zero-order valence-electron chi connectivity index (χ0n) is 11.1. The molecule has 110 valence electrons. The Hall–Kier alpha value is -2.12. The molecule has 0 radical (unpaired) electrons. The number of halogens is 1. The molecular weight excluding hydrogens is 296 g/mol. The highest BCUT2D eigenvalue weighted by Gasteiger charge is 2.25. The molecule has 21 heavy (non-hydrogen) atoms. The average Bonchev–Trinajstić information content (AvgIpc) is 2.94. The molecule has 1 fully saturated rings. The second kappa shape index (κ2) is 5.71. The highest BCUT2D eigenvalue weighted by molar-refractivity contribution is 6.32. The quantitative estimate of drug-likeness (QED) is 0.924. The Morgan fingerprint density at radius 1 is 1.24 bits per heavy atom. The number of hydrogen-bond acceptors (Lipinski definition) is 5. The summed E-state index contributed by atoms with van der Waals surface area (Å²) in [5, 5.41) is 18.1. The number of nitrogens with zero attached hydrogens (tertiary/aromatic N) is 4. The highest BCUT2D eigenvalue weighted by atomic mass is 35.5. The summed E-state index contributed by atoms with van der Waals surface area (Å²) in [6.07, 6.45) is 0. The van der Waals surface area contributed by atoms with Gasteiger partial charge in [0.1, 0.15) is 5.69 Å². The predicted octanol–water partition coefficient (Wildman–Crippen LogP) is 1.46. The molecule has 0 amide bonds. The number of carboxylic acids is 1. The van der Waals surface area contributed by atoms with E-state index in [1.807, 2.05) is 4.90 Å². The number of aromatic nitrogens is 3. The van der Waals surface area contributed by atoms with E-state index in [2.05, 4.69) is 10.2 Å². The molecule has 0 spiro atoms. The van der Waals surface area contributed by atoms with Gasteiger partial charge < -0.3 is 14.7 Å². The summed E-state index contributed by atoms with van der Waals surface area (Å²) in [4.78, 5) is 14.5. The summed E-state index contributed by atoms with van der Waals surface area (Å²) in [6, 6.07) is 7.02. The van der Waals surface area contributed by atoms with E-state index < -0.39 is 5.97 Å². The Labute approximate surface area is 125 Å². The van der Waals surface area contributed by atoms with Crippen LogP contribution < -0.4 is 4.90 Å². The standard InChI is InChI=1S/C13H13ClN4O3/c14-9-3-1-2-4-10(9)18-15-11(13(19)20)12(16-18)17-5-7-21-8-6-17/h1-4H,5-8H2,(H,19,20). The molecule has 1 aliphatic rings. The summed E-state index contributed by atoms with van der Waals surface area (Å²) in [5.41, 5.74) is 0.456. The summed E-state index contributed by atoms with van der Waals surface area (Å²) in [6.45, 7) is 2.25. The first-order valence-corrected chi connectivity index (χ1v) is 6.83. The van der Waals surface area contributed by atoms with Crippen molar-refractivity contribution in [2.45, 2.75) is 0 Å². The number of rotatable bonds is 3. The van der Waals surface area contributed by atoms with Crippen molar-refractivity contribution < 1.29 is 14.6 Å². The minimum absolute atomic E-state index is 0.0863. The van der Waals surface area contributed by atoms with Crippen LogP contribution in [0.4, 0.5) is 5.82 Å². The second-order valence-electron chi connectivity index (χ2n) is 4.52. The molecule has 0 unspecified atom stereocenters. The van der Waals surface area contributed by atoms with Gasteiger partial charge >= 0.3 is 5.97 Å². The maximum Gasteiger partial charge on any atom is 0.360 e. The molecule has 1 aromatic carbocycles. The van der Waals surface area contributed by atoms with Gasteiger partial charge in [-0.25, -0.2) is 4.79 Å². The predicted molar refractivity (Wildman–Crippen MR) is 76.4 cm³/mol. The van der Waals surface area contributed by atoms with Crippen molar-refractivity contribution in [1.82, 2.24) is 15.0 Å². The monoisotopic (exact) mass is 308 g/mol. The van der Waals surface area contributed by atoms with Crippen molar-refractivity contribution >= 4 is 23.4 Å². The average molecular weight is 309 g/mol. The number of para-hydroxylation sites is 1. The first-order chi connectivity index (χ1) is 10.2. The van der Waals surface area contributed by atoms with Crippen molar-refractivity contribution in [3.05, 3.63) is 35.0 Å². The largest absolute Gasteiger partial charge is 0.476 e. The molecule has 0 atom stereocenters. The summed E-state index contributed by atoms with van der Waals surface area (Å²) in [7, 11) is 0. The topological polar surface area (TPSA) is 80.5 Å². The van der Waals surface area contributed by atoms with Crippen molar-refractivity contribution in [3.8, 4) is 5.69 Å². The van der Waals surface area contributed by atoms with Gasteiger partial charge in [0.2, 0.25) is 5.69 Å². The Morgan fingerprint density at radius 3 is 2.62 bits per heavy atom. The first-order valence-electron chi connectivity index (χ1n) is 6.45. The lowest BCUT2D eigenvalue weighted by molar-refractivity contribution is 0.0689. The number of morpholine rings is 1. The van der Waals surface area contributed by atoms with E-state index in [-0.39, 0.29) is 5.69 Å². The zero-order chi connectivity index (χ0) is 14.8. The maximum atomic E-state index is 11.4. The van der Waals surface area contributed by atoms with E-state index in [4.69, 9.17) is 16.3 Å². The second-order valence-corrected chi connectivity index (χ2v) is 4.92. The molecule has 7 nitrogen and oxygen atoms in total. The van der Waals surface area contributed by atoms with Gasteiger partial charge in [0.25, 0.3) is 0 Å². The van der Waals surface area contributed by atoms with Gasteiger partial charge in [0.15, 0.2) is 5.82 Å². The van der Waals surface area contributed by atoms with Crippen LogP contribution in [0.3, 0.4) is 0 Å². The molecule has 0 bridgehead atoms. The minimum Gasteiger partial charge on any atom is -0.476 e. The van der Waals surface area contributed by atoms with Crippen LogP contribution >= 0.6 is 11.6 Å². The van der Waals surface area contributed by atoms with Crippen LogP contribution in [-0.4, -0.2) is 52.4 Å². The van der Waals surface area contributed by atoms with Crippen LogP contribution in [0, 0.1) is 0 Å². The summed E-state index contributed by atoms with van der Waals surface area (Å²) < 4.78 is 5.27. The number of ether oxygens (including phenoxy) is 1. The molecule has 2 aromatic rings. The van der Waals surface area contributed by atoms with Gasteiger partial charge in [0.05, 0.1) is 18.2 Å². The number of hydrogen-bond donors (Lipinski definition) is 1. The molecule has 0 saturated carbocycles. The highest BCUT2D eigenvalue weighted by Crippen LogP contribution is 2.23. The Morgan fingerprint density at radius 2 is 1.95 bits per heavy atom. The fourth-order valence-electron chi connectivity index (χ4n) is 2.15. The van der Waals surface area contributed by atoms with Crippen molar-refractivity contribution in [3.63, 3.8) is 0 Å². The number of carboxylic acid groups (broad SMARTS) is 1. The third-order valence-corrected chi connectivity index (χ3v) is 3.50. The Kier molecular flexibility index (Phi) is 3.76. The minimum atomic E-state index is -1.12. The molecule has 0 aliphatic carbocycles. The van der Waals surface area contributed by atoms with Gasteiger partial charge in [-0.05, 0) is 12.1 Å². The van der Waals surface area contributed by atoms with Crippen LogP contribution in [0.15, 0.2) is 24.3 Å². The smallest absolute Gasteiger partial charge is 0.360 e. The summed E-state index contributed by atoms with van der Waals surface area (Å²) in [5.74, 6) is -0.777. The molecule has 2 heterocycles. The van der Waals surface area contributed by atoms with Gasteiger partial charge in [-0.2, -0.15) is 0 Å².